The second kappa shape index (κ2) is 5.55. The predicted molar refractivity (Wildman–Crippen MR) is 59.4 cm³/mol. The van der Waals surface area contributed by atoms with E-state index in [-0.39, 0.29) is 0 Å². The summed E-state index contributed by atoms with van der Waals surface area (Å²) in [6, 6.07) is 3.72. The summed E-state index contributed by atoms with van der Waals surface area (Å²) in [5.41, 5.74) is 0.508. The lowest BCUT2D eigenvalue weighted by molar-refractivity contribution is 0.882. The van der Waals surface area contributed by atoms with Crippen LogP contribution in [0, 0.1) is 11.3 Å². The number of hydrogen-bond acceptors (Lipinski definition) is 4. The molecule has 0 bridgehead atoms. The molecular weight excluding hydrogens is 188 g/mol. The molecule has 0 N–H and O–H groups in total. The molecule has 1 heterocycles. The fourth-order valence-corrected chi connectivity index (χ4v) is 1.20. The fraction of sp³-hybridized carbons (Fsp3) is 0.182. The lowest BCUT2D eigenvalue weighted by Gasteiger charge is -2.20. The molecule has 0 saturated heterocycles. The zero-order valence-electron chi connectivity index (χ0n) is 8.43. The third-order valence-corrected chi connectivity index (χ3v) is 1.82. The van der Waals surface area contributed by atoms with Crippen molar-refractivity contribution in [2.24, 2.45) is 0 Å². The average Bonchev–Trinajstić information content (AvgIpc) is 2.29. The summed E-state index contributed by atoms with van der Waals surface area (Å²) in [5, 5.41) is 16.6. The summed E-state index contributed by atoms with van der Waals surface area (Å²) in [6.45, 7) is 8.53. The van der Waals surface area contributed by atoms with Crippen molar-refractivity contribution in [3.8, 4) is 6.07 Å². The van der Waals surface area contributed by atoms with Crippen molar-refractivity contribution in [2.75, 3.05) is 18.0 Å². The van der Waals surface area contributed by atoms with Gasteiger partial charge in [-0.15, -0.1) is 18.3 Å². The first-order valence-electron chi connectivity index (χ1n) is 4.52. The lowest BCUT2D eigenvalue weighted by atomic mass is 10.3. The largest absolute Gasteiger partial charge is 0.347 e. The molecule has 1 rings (SSSR count). The van der Waals surface area contributed by atoms with Crippen LogP contribution in [0.25, 0.3) is 0 Å². The first-order valence-corrected chi connectivity index (χ1v) is 4.52. The van der Waals surface area contributed by atoms with Crippen molar-refractivity contribution in [1.82, 2.24) is 10.2 Å². The zero-order valence-corrected chi connectivity index (χ0v) is 8.43. The van der Waals surface area contributed by atoms with E-state index < -0.39 is 0 Å². The fourth-order valence-electron chi connectivity index (χ4n) is 1.20. The highest BCUT2D eigenvalue weighted by atomic mass is 15.3. The molecule has 0 unspecified atom stereocenters. The SMILES string of the molecule is C=CCN(CC=C)c1nnccc1C#N. The third kappa shape index (κ3) is 2.64. The molecule has 0 aromatic carbocycles. The van der Waals surface area contributed by atoms with E-state index in [2.05, 4.69) is 29.4 Å². The molecule has 0 spiro atoms. The first kappa shape index (κ1) is 10.9. The normalized spacial score (nSPS) is 9.00. The van der Waals surface area contributed by atoms with Crippen molar-refractivity contribution >= 4 is 5.82 Å². The van der Waals surface area contributed by atoms with Gasteiger partial charge < -0.3 is 4.90 Å². The molecule has 0 amide bonds. The first-order chi connectivity index (χ1) is 7.33. The van der Waals surface area contributed by atoms with E-state index in [0.29, 0.717) is 24.5 Å². The van der Waals surface area contributed by atoms with E-state index in [0.717, 1.165) is 0 Å². The van der Waals surface area contributed by atoms with Gasteiger partial charge in [0.05, 0.1) is 11.8 Å². The standard InChI is InChI=1S/C11H12N4/c1-3-7-15(8-4-2)11-10(9-12)5-6-13-14-11/h3-6H,1-2,7-8H2. The molecule has 4 nitrogen and oxygen atoms in total. The molecular formula is C11H12N4. The highest BCUT2D eigenvalue weighted by Crippen LogP contribution is 2.14. The van der Waals surface area contributed by atoms with Gasteiger partial charge in [0, 0.05) is 13.1 Å². The Bertz CT molecular complexity index is 382. The molecule has 1 aromatic rings. The number of aromatic nitrogens is 2. The van der Waals surface area contributed by atoms with Crippen LogP contribution in [0.15, 0.2) is 37.6 Å². The van der Waals surface area contributed by atoms with E-state index in [4.69, 9.17) is 5.26 Å². The lowest BCUT2D eigenvalue weighted by Crippen LogP contribution is -2.25. The maximum atomic E-state index is 8.91. The Hall–Kier alpha value is -2.15. The van der Waals surface area contributed by atoms with Gasteiger partial charge in [0.25, 0.3) is 0 Å². The number of hydrogen-bond donors (Lipinski definition) is 0. The average molecular weight is 200 g/mol. The zero-order chi connectivity index (χ0) is 11.1. The highest BCUT2D eigenvalue weighted by molar-refractivity contribution is 5.53. The number of rotatable bonds is 5. The predicted octanol–water partition coefficient (Wildman–Crippen LogP) is 1.53. The summed E-state index contributed by atoms with van der Waals surface area (Å²) in [6.07, 6.45) is 5.00. The van der Waals surface area contributed by atoms with Crippen LogP contribution in [0.5, 0.6) is 0 Å². The quantitative estimate of drug-likeness (QED) is 0.676. The number of nitrogens with zero attached hydrogens (tertiary/aromatic N) is 4. The van der Waals surface area contributed by atoms with Crippen LogP contribution in [-0.4, -0.2) is 23.3 Å². The second-order valence-electron chi connectivity index (χ2n) is 2.86. The van der Waals surface area contributed by atoms with E-state index >= 15 is 0 Å². The smallest absolute Gasteiger partial charge is 0.169 e. The second-order valence-corrected chi connectivity index (χ2v) is 2.86. The Morgan fingerprint density at radius 1 is 1.40 bits per heavy atom. The third-order valence-electron chi connectivity index (χ3n) is 1.82. The highest BCUT2D eigenvalue weighted by Gasteiger charge is 2.10. The molecule has 0 radical (unpaired) electrons. The monoisotopic (exact) mass is 200 g/mol. The van der Waals surface area contributed by atoms with E-state index in [1.165, 1.54) is 6.20 Å². The Morgan fingerprint density at radius 2 is 2.07 bits per heavy atom. The van der Waals surface area contributed by atoms with Gasteiger partial charge in [0.1, 0.15) is 6.07 Å². The van der Waals surface area contributed by atoms with Crippen LogP contribution >= 0.6 is 0 Å². The van der Waals surface area contributed by atoms with E-state index in [1.807, 2.05) is 4.90 Å². The molecule has 76 valence electrons. The van der Waals surface area contributed by atoms with Gasteiger partial charge in [-0.3, -0.25) is 0 Å². The Kier molecular flexibility index (Phi) is 4.05. The Morgan fingerprint density at radius 3 is 2.60 bits per heavy atom. The van der Waals surface area contributed by atoms with Gasteiger partial charge in [-0.25, -0.2) is 0 Å². The van der Waals surface area contributed by atoms with Gasteiger partial charge in [-0.1, -0.05) is 12.2 Å². The molecule has 0 fully saturated rings. The Balaban J connectivity index is 3.04. The van der Waals surface area contributed by atoms with Crippen LogP contribution in [0.2, 0.25) is 0 Å². The van der Waals surface area contributed by atoms with Crippen molar-refractivity contribution in [3.63, 3.8) is 0 Å². The van der Waals surface area contributed by atoms with Crippen LogP contribution in [0.1, 0.15) is 5.56 Å². The summed E-state index contributed by atoms with van der Waals surface area (Å²) in [4.78, 5) is 1.88. The van der Waals surface area contributed by atoms with E-state index in [1.54, 1.807) is 18.2 Å². The van der Waals surface area contributed by atoms with Crippen molar-refractivity contribution < 1.29 is 0 Å². The molecule has 4 heteroatoms. The molecule has 0 aliphatic rings. The van der Waals surface area contributed by atoms with Gasteiger partial charge in [-0.2, -0.15) is 10.4 Å². The summed E-state index contributed by atoms with van der Waals surface area (Å²) in [7, 11) is 0. The minimum absolute atomic E-state index is 0.508. The van der Waals surface area contributed by atoms with Gasteiger partial charge in [0.2, 0.25) is 0 Å². The minimum Gasteiger partial charge on any atom is -0.347 e. The molecule has 0 saturated carbocycles. The van der Waals surface area contributed by atoms with Crippen molar-refractivity contribution in [1.29, 1.82) is 5.26 Å². The van der Waals surface area contributed by atoms with Crippen LogP contribution < -0.4 is 4.90 Å². The molecule has 0 aliphatic heterocycles. The van der Waals surface area contributed by atoms with Gasteiger partial charge >= 0.3 is 0 Å². The Labute approximate surface area is 89.2 Å². The van der Waals surface area contributed by atoms with Crippen LogP contribution in [0.3, 0.4) is 0 Å². The maximum Gasteiger partial charge on any atom is 0.169 e. The number of nitriles is 1. The summed E-state index contributed by atoms with van der Waals surface area (Å²) >= 11 is 0. The molecule has 0 aliphatic carbocycles. The van der Waals surface area contributed by atoms with Crippen LogP contribution in [0.4, 0.5) is 5.82 Å². The minimum atomic E-state index is 0.508. The van der Waals surface area contributed by atoms with Gasteiger partial charge in [0.15, 0.2) is 5.82 Å². The molecule has 1 aromatic heterocycles. The van der Waals surface area contributed by atoms with Crippen molar-refractivity contribution in [3.05, 3.63) is 43.1 Å². The van der Waals surface area contributed by atoms with E-state index in [9.17, 15) is 0 Å². The maximum absolute atomic E-state index is 8.91. The topological polar surface area (TPSA) is 52.8 Å². The molecule has 15 heavy (non-hydrogen) atoms. The van der Waals surface area contributed by atoms with Crippen molar-refractivity contribution in [2.45, 2.75) is 0 Å². The summed E-state index contributed by atoms with van der Waals surface area (Å²) < 4.78 is 0. The number of anilines is 1. The summed E-state index contributed by atoms with van der Waals surface area (Å²) in [5.74, 6) is 0.569. The molecule has 0 atom stereocenters. The van der Waals surface area contributed by atoms with Crippen LogP contribution in [-0.2, 0) is 0 Å². The van der Waals surface area contributed by atoms with Gasteiger partial charge in [-0.05, 0) is 6.07 Å².